The van der Waals surface area contributed by atoms with Gasteiger partial charge in [-0.15, -0.1) is 5.10 Å². The molecule has 4 rings (SSSR count). The number of benzene rings is 2. The summed E-state index contributed by atoms with van der Waals surface area (Å²) in [7, 11) is 0. The fraction of sp³-hybridized carbons (Fsp3) is 0.286. The largest absolute Gasteiger partial charge is 0.385 e. The Morgan fingerprint density at radius 2 is 1.59 bits per heavy atom. The third kappa shape index (κ3) is 4.45. The van der Waals surface area contributed by atoms with Crippen molar-refractivity contribution in [3.63, 3.8) is 0 Å². The Hall–Kier alpha value is -2.41. The van der Waals surface area contributed by atoms with Gasteiger partial charge < -0.3 is 10.0 Å². The molecule has 1 aromatic heterocycles. The van der Waals surface area contributed by atoms with E-state index in [0.29, 0.717) is 48.2 Å². The van der Waals surface area contributed by atoms with Crippen LogP contribution in [0.1, 0.15) is 34.5 Å². The molecule has 1 amide bonds. The highest BCUT2D eigenvalue weighted by Gasteiger charge is 2.36. The number of hydrogen-bond acceptors (Lipinski definition) is 4. The minimum Gasteiger partial charge on any atom is -0.385 e. The summed E-state index contributed by atoms with van der Waals surface area (Å²) in [5.74, 6) is -0.175. The van der Waals surface area contributed by atoms with Crippen molar-refractivity contribution in [1.82, 2.24) is 19.9 Å². The summed E-state index contributed by atoms with van der Waals surface area (Å²) in [6, 6.07) is 14.7. The number of amides is 1. The molecule has 8 heteroatoms. The fourth-order valence-electron chi connectivity index (χ4n) is 3.54. The molecule has 1 N–H and O–H groups in total. The number of carbonyl (C=O) groups is 1. The molecule has 3 aromatic rings. The van der Waals surface area contributed by atoms with Crippen LogP contribution in [0.2, 0.25) is 10.0 Å². The summed E-state index contributed by atoms with van der Waals surface area (Å²) in [6.45, 7) is 1.40. The number of nitrogens with zero attached hydrogens (tertiary/aromatic N) is 4. The predicted molar refractivity (Wildman–Crippen MR) is 111 cm³/mol. The summed E-state index contributed by atoms with van der Waals surface area (Å²) in [5, 5.41) is 20.4. The maximum absolute atomic E-state index is 12.8. The van der Waals surface area contributed by atoms with Crippen molar-refractivity contribution in [2.75, 3.05) is 13.1 Å². The maximum Gasteiger partial charge on any atom is 0.276 e. The van der Waals surface area contributed by atoms with E-state index in [1.165, 1.54) is 0 Å². The lowest BCUT2D eigenvalue weighted by molar-refractivity contribution is -0.0212. The van der Waals surface area contributed by atoms with Crippen LogP contribution in [0.5, 0.6) is 0 Å². The first-order valence-electron chi connectivity index (χ1n) is 9.35. The van der Waals surface area contributed by atoms with E-state index in [9.17, 15) is 9.90 Å². The lowest BCUT2D eigenvalue weighted by atomic mass is 9.84. The van der Waals surface area contributed by atoms with E-state index >= 15 is 0 Å². The lowest BCUT2D eigenvalue weighted by Gasteiger charge is -2.38. The Kier molecular flexibility index (Phi) is 5.58. The van der Waals surface area contributed by atoms with Crippen LogP contribution in [0, 0.1) is 0 Å². The maximum atomic E-state index is 12.8. The molecular formula is C21H20Cl2N4O2. The second-order valence-corrected chi connectivity index (χ2v) is 8.13. The van der Waals surface area contributed by atoms with Gasteiger partial charge in [-0.25, -0.2) is 4.68 Å². The van der Waals surface area contributed by atoms with Crippen LogP contribution in [-0.2, 0) is 12.1 Å². The predicted octanol–water partition coefficient (Wildman–Crippen LogP) is 3.76. The van der Waals surface area contributed by atoms with Crippen LogP contribution in [0.3, 0.4) is 0 Å². The molecule has 0 saturated carbocycles. The second-order valence-electron chi connectivity index (χ2n) is 7.26. The molecule has 1 saturated heterocycles. The normalized spacial score (nSPS) is 16.0. The molecule has 0 atom stereocenters. The van der Waals surface area contributed by atoms with Gasteiger partial charge in [0.1, 0.15) is 0 Å². The van der Waals surface area contributed by atoms with Crippen molar-refractivity contribution in [3.8, 4) is 0 Å². The molecule has 1 aliphatic rings. The molecule has 1 fully saturated rings. The molecular weight excluding hydrogens is 411 g/mol. The molecule has 1 aliphatic heterocycles. The van der Waals surface area contributed by atoms with Gasteiger partial charge in [0.15, 0.2) is 5.69 Å². The zero-order valence-corrected chi connectivity index (χ0v) is 17.1. The highest BCUT2D eigenvalue weighted by Crippen LogP contribution is 2.33. The van der Waals surface area contributed by atoms with E-state index < -0.39 is 5.60 Å². The first-order valence-corrected chi connectivity index (χ1v) is 10.1. The number of rotatable bonds is 4. The first kappa shape index (κ1) is 19.9. The molecule has 6 nitrogen and oxygen atoms in total. The molecule has 0 bridgehead atoms. The van der Waals surface area contributed by atoms with Gasteiger partial charge in [0, 0.05) is 23.1 Å². The molecule has 0 aliphatic carbocycles. The Morgan fingerprint density at radius 3 is 2.21 bits per heavy atom. The number of carbonyl (C=O) groups excluding carboxylic acids is 1. The first-order chi connectivity index (χ1) is 13.9. The van der Waals surface area contributed by atoms with Crippen LogP contribution >= 0.6 is 23.2 Å². The standard InChI is InChI=1S/C21H20Cl2N4O2/c22-17-5-1-15(2-6-17)13-27-14-19(24-25-27)20(28)26-11-9-21(29,10-12-26)16-3-7-18(23)8-4-16/h1-8,14,29H,9-13H2. The summed E-state index contributed by atoms with van der Waals surface area (Å²) < 4.78 is 1.63. The van der Waals surface area contributed by atoms with Crippen molar-refractivity contribution < 1.29 is 9.90 Å². The van der Waals surface area contributed by atoms with Crippen molar-refractivity contribution in [3.05, 3.63) is 81.6 Å². The Morgan fingerprint density at radius 1 is 1.00 bits per heavy atom. The van der Waals surface area contributed by atoms with Crippen LogP contribution < -0.4 is 0 Å². The average Bonchev–Trinajstić information content (AvgIpc) is 3.19. The summed E-state index contributed by atoms with van der Waals surface area (Å²) in [5.41, 5.74) is 1.19. The zero-order valence-electron chi connectivity index (χ0n) is 15.6. The van der Waals surface area contributed by atoms with E-state index in [-0.39, 0.29) is 5.91 Å². The summed E-state index contributed by atoms with van der Waals surface area (Å²) >= 11 is 11.8. The van der Waals surface area contributed by atoms with Crippen molar-refractivity contribution in [1.29, 1.82) is 0 Å². The quantitative estimate of drug-likeness (QED) is 0.683. The van der Waals surface area contributed by atoms with E-state index in [4.69, 9.17) is 23.2 Å². The highest BCUT2D eigenvalue weighted by molar-refractivity contribution is 6.30. The van der Waals surface area contributed by atoms with E-state index in [1.807, 2.05) is 36.4 Å². The molecule has 29 heavy (non-hydrogen) atoms. The number of halogens is 2. The van der Waals surface area contributed by atoms with E-state index in [1.54, 1.807) is 27.9 Å². The van der Waals surface area contributed by atoms with Gasteiger partial charge in [0.05, 0.1) is 18.3 Å². The minimum atomic E-state index is -0.951. The molecule has 0 radical (unpaired) electrons. The zero-order chi connectivity index (χ0) is 20.4. The fourth-order valence-corrected chi connectivity index (χ4v) is 3.79. The lowest BCUT2D eigenvalue weighted by Crippen LogP contribution is -2.45. The molecule has 2 heterocycles. The van der Waals surface area contributed by atoms with Crippen LogP contribution in [0.4, 0.5) is 0 Å². The Bertz CT molecular complexity index is 994. The molecule has 2 aromatic carbocycles. The van der Waals surface area contributed by atoms with E-state index in [2.05, 4.69) is 10.3 Å². The number of aromatic nitrogens is 3. The van der Waals surface area contributed by atoms with Crippen LogP contribution in [0.15, 0.2) is 54.7 Å². The Balaban J connectivity index is 1.39. The average molecular weight is 431 g/mol. The third-order valence-corrected chi connectivity index (χ3v) is 5.78. The van der Waals surface area contributed by atoms with Gasteiger partial charge in [-0.1, -0.05) is 52.7 Å². The summed E-state index contributed by atoms with van der Waals surface area (Å²) in [6.07, 6.45) is 2.56. The Labute approximate surface area is 178 Å². The summed E-state index contributed by atoms with van der Waals surface area (Å²) in [4.78, 5) is 14.5. The smallest absolute Gasteiger partial charge is 0.276 e. The van der Waals surface area contributed by atoms with Gasteiger partial charge in [-0.05, 0) is 48.2 Å². The van der Waals surface area contributed by atoms with Gasteiger partial charge in [0.25, 0.3) is 5.91 Å². The SMILES string of the molecule is O=C(c1cn(Cc2ccc(Cl)cc2)nn1)N1CCC(O)(c2ccc(Cl)cc2)CC1. The monoisotopic (exact) mass is 430 g/mol. The third-order valence-electron chi connectivity index (χ3n) is 5.27. The van der Waals surface area contributed by atoms with Crippen molar-refractivity contribution in [2.45, 2.75) is 25.0 Å². The second kappa shape index (κ2) is 8.14. The van der Waals surface area contributed by atoms with Crippen molar-refractivity contribution in [2.24, 2.45) is 0 Å². The number of hydrogen-bond donors (Lipinski definition) is 1. The van der Waals surface area contributed by atoms with Gasteiger partial charge in [-0.3, -0.25) is 4.79 Å². The molecule has 150 valence electrons. The van der Waals surface area contributed by atoms with E-state index in [0.717, 1.165) is 11.1 Å². The van der Waals surface area contributed by atoms with Crippen LogP contribution in [0.25, 0.3) is 0 Å². The van der Waals surface area contributed by atoms with Gasteiger partial charge in [0.2, 0.25) is 0 Å². The highest BCUT2D eigenvalue weighted by atomic mass is 35.5. The number of aliphatic hydroxyl groups is 1. The van der Waals surface area contributed by atoms with Gasteiger partial charge in [-0.2, -0.15) is 0 Å². The molecule has 0 unspecified atom stereocenters. The minimum absolute atomic E-state index is 0.175. The topological polar surface area (TPSA) is 71.2 Å². The van der Waals surface area contributed by atoms with Crippen molar-refractivity contribution >= 4 is 29.1 Å². The number of piperidine rings is 1. The number of likely N-dealkylation sites (tertiary alicyclic amines) is 1. The molecule has 0 spiro atoms. The van der Waals surface area contributed by atoms with Crippen LogP contribution in [-0.4, -0.2) is 44.0 Å². The van der Waals surface area contributed by atoms with Gasteiger partial charge >= 0.3 is 0 Å².